The second-order valence-electron chi connectivity index (χ2n) is 6.29. The predicted molar refractivity (Wildman–Crippen MR) is 110 cm³/mol. The Kier molecular flexibility index (Phi) is 4.54. The number of benzene rings is 3. The molecule has 1 N–H and O–H groups in total. The van der Waals surface area contributed by atoms with E-state index in [0.29, 0.717) is 11.3 Å². The number of hydrogen-bond donors (Lipinski definition) is 1. The Balaban J connectivity index is 1.76. The number of aryl methyl sites for hydroxylation is 1. The van der Waals surface area contributed by atoms with Gasteiger partial charge in [0.25, 0.3) is 5.91 Å². The number of nitrogens with one attached hydrogen (secondary N) is 1. The molecule has 0 saturated carbocycles. The number of para-hydroxylation sites is 2. The van der Waals surface area contributed by atoms with Crippen LogP contribution in [0.4, 0.5) is 11.4 Å². The van der Waals surface area contributed by atoms with Crippen molar-refractivity contribution in [3.63, 3.8) is 0 Å². The third kappa shape index (κ3) is 3.37. The first-order valence-corrected chi connectivity index (χ1v) is 8.80. The molecule has 0 atom stereocenters. The normalized spacial score (nSPS) is 15.1. The van der Waals surface area contributed by atoms with Gasteiger partial charge in [-0.3, -0.25) is 4.79 Å². The van der Waals surface area contributed by atoms with E-state index in [1.54, 1.807) is 6.20 Å². The quantitative estimate of drug-likeness (QED) is 0.689. The van der Waals surface area contributed by atoms with E-state index in [4.69, 9.17) is 0 Å². The molecule has 3 aromatic carbocycles. The minimum atomic E-state index is -0.147. The number of carbonyl (C=O) groups excluding carboxylic acids is 1. The molecule has 27 heavy (non-hydrogen) atoms. The molecule has 4 nitrogen and oxygen atoms in total. The highest BCUT2D eigenvalue weighted by molar-refractivity contribution is 6.35. The minimum Gasteiger partial charge on any atom is -0.361 e. The Hall–Kier alpha value is -3.66. The topological polar surface area (TPSA) is 44.7 Å². The molecule has 0 radical (unpaired) electrons. The third-order valence-electron chi connectivity index (χ3n) is 4.43. The number of hydrazone groups is 1. The molecule has 0 unspecified atom stereocenters. The van der Waals surface area contributed by atoms with Crippen LogP contribution < -0.4 is 10.3 Å². The fourth-order valence-corrected chi connectivity index (χ4v) is 3.01. The maximum atomic E-state index is 13.2. The van der Waals surface area contributed by atoms with Crippen molar-refractivity contribution in [1.29, 1.82) is 0 Å². The summed E-state index contributed by atoms with van der Waals surface area (Å²) in [6.07, 6.45) is 1.74. The van der Waals surface area contributed by atoms with Crippen LogP contribution in [-0.4, -0.2) is 11.6 Å². The van der Waals surface area contributed by atoms with Crippen molar-refractivity contribution in [3.8, 4) is 0 Å². The molecule has 0 aliphatic carbocycles. The van der Waals surface area contributed by atoms with Crippen molar-refractivity contribution in [1.82, 2.24) is 0 Å². The molecule has 4 heteroatoms. The summed E-state index contributed by atoms with van der Waals surface area (Å²) in [4.78, 5) is 13.2. The summed E-state index contributed by atoms with van der Waals surface area (Å²) in [5.41, 5.74) is 4.81. The van der Waals surface area contributed by atoms with Crippen LogP contribution in [0.1, 0.15) is 11.1 Å². The lowest BCUT2D eigenvalue weighted by Gasteiger charge is -2.14. The number of carbonyl (C=O) groups is 1. The molecule has 0 bridgehead atoms. The zero-order valence-electron chi connectivity index (χ0n) is 15.0. The molecule has 3 aromatic rings. The van der Waals surface area contributed by atoms with E-state index in [1.807, 2.05) is 91.9 Å². The first kappa shape index (κ1) is 16.8. The monoisotopic (exact) mass is 353 g/mol. The molecule has 0 spiro atoms. The van der Waals surface area contributed by atoms with Crippen LogP contribution in [0.2, 0.25) is 0 Å². The van der Waals surface area contributed by atoms with Gasteiger partial charge >= 0.3 is 0 Å². The van der Waals surface area contributed by atoms with Crippen molar-refractivity contribution in [2.24, 2.45) is 5.10 Å². The SMILES string of the molecule is Cc1ccccc1N1N=C(c2ccccc2)/C(=C/Nc2ccccc2)C1=O. The van der Waals surface area contributed by atoms with Crippen LogP contribution in [0.5, 0.6) is 0 Å². The largest absolute Gasteiger partial charge is 0.361 e. The van der Waals surface area contributed by atoms with Gasteiger partial charge in [0, 0.05) is 17.5 Å². The second-order valence-corrected chi connectivity index (χ2v) is 6.29. The van der Waals surface area contributed by atoms with Gasteiger partial charge in [0.15, 0.2) is 0 Å². The second kappa shape index (κ2) is 7.30. The number of nitrogens with zero attached hydrogens (tertiary/aromatic N) is 2. The van der Waals surface area contributed by atoms with Gasteiger partial charge in [-0.25, -0.2) is 0 Å². The Morgan fingerprint density at radius 2 is 1.48 bits per heavy atom. The van der Waals surface area contributed by atoms with Crippen LogP contribution in [0, 0.1) is 6.92 Å². The number of amides is 1. The van der Waals surface area contributed by atoms with E-state index < -0.39 is 0 Å². The zero-order valence-corrected chi connectivity index (χ0v) is 15.0. The van der Waals surface area contributed by atoms with Crippen LogP contribution in [0.15, 0.2) is 102 Å². The van der Waals surface area contributed by atoms with Crippen molar-refractivity contribution >= 4 is 23.0 Å². The van der Waals surface area contributed by atoms with Gasteiger partial charge in [0.2, 0.25) is 0 Å². The molecule has 132 valence electrons. The summed E-state index contributed by atoms with van der Waals surface area (Å²) in [7, 11) is 0. The smallest absolute Gasteiger partial charge is 0.282 e. The summed E-state index contributed by atoms with van der Waals surface area (Å²) in [5.74, 6) is -0.147. The van der Waals surface area contributed by atoms with Crippen LogP contribution in [0.25, 0.3) is 0 Å². The number of rotatable bonds is 4. The van der Waals surface area contributed by atoms with Crippen molar-refractivity contribution in [2.75, 3.05) is 10.3 Å². The van der Waals surface area contributed by atoms with Crippen LogP contribution >= 0.6 is 0 Å². The highest BCUT2D eigenvalue weighted by atomic mass is 16.2. The van der Waals surface area contributed by atoms with Crippen LogP contribution in [0.3, 0.4) is 0 Å². The first-order valence-electron chi connectivity index (χ1n) is 8.80. The van der Waals surface area contributed by atoms with E-state index >= 15 is 0 Å². The van der Waals surface area contributed by atoms with E-state index in [2.05, 4.69) is 10.4 Å². The molecular weight excluding hydrogens is 334 g/mol. The molecule has 0 fully saturated rings. The van der Waals surface area contributed by atoms with Gasteiger partial charge in [0.05, 0.1) is 11.3 Å². The van der Waals surface area contributed by atoms with Crippen LogP contribution in [-0.2, 0) is 4.79 Å². The molecule has 4 rings (SSSR count). The van der Waals surface area contributed by atoms with E-state index in [-0.39, 0.29) is 5.91 Å². The molecular formula is C23H19N3O. The van der Waals surface area contributed by atoms with Gasteiger partial charge in [-0.2, -0.15) is 10.1 Å². The van der Waals surface area contributed by atoms with Gasteiger partial charge < -0.3 is 5.32 Å². The van der Waals surface area contributed by atoms with Gasteiger partial charge in [-0.05, 0) is 30.7 Å². The van der Waals surface area contributed by atoms with Crippen molar-refractivity contribution in [3.05, 3.63) is 108 Å². The predicted octanol–water partition coefficient (Wildman–Crippen LogP) is 4.74. The lowest BCUT2D eigenvalue weighted by molar-refractivity contribution is -0.114. The Bertz CT molecular complexity index is 1020. The highest BCUT2D eigenvalue weighted by Gasteiger charge is 2.32. The molecule has 0 aromatic heterocycles. The Labute approximate surface area is 158 Å². The van der Waals surface area contributed by atoms with Gasteiger partial charge in [-0.15, -0.1) is 0 Å². The summed E-state index contributed by atoms with van der Waals surface area (Å²) in [6, 6.07) is 27.3. The summed E-state index contributed by atoms with van der Waals surface area (Å²) < 4.78 is 0. The van der Waals surface area contributed by atoms with Gasteiger partial charge in [0.1, 0.15) is 5.71 Å². The number of anilines is 2. The zero-order chi connectivity index (χ0) is 18.6. The van der Waals surface area contributed by atoms with Gasteiger partial charge in [-0.1, -0.05) is 66.7 Å². The third-order valence-corrected chi connectivity index (χ3v) is 4.43. The van der Waals surface area contributed by atoms with E-state index in [0.717, 1.165) is 22.5 Å². The lowest BCUT2D eigenvalue weighted by Crippen LogP contribution is -2.22. The Morgan fingerprint density at radius 1 is 0.852 bits per heavy atom. The summed E-state index contributed by atoms with van der Waals surface area (Å²) >= 11 is 0. The maximum Gasteiger partial charge on any atom is 0.282 e. The maximum absolute atomic E-state index is 13.2. The standard InChI is InChI=1S/C23H19N3O/c1-17-10-8-9-15-21(17)26-23(27)20(16-24-19-13-6-3-7-14-19)22(25-26)18-11-4-2-5-12-18/h2-16,24H,1H3/b20-16-. The molecule has 1 amide bonds. The number of hydrogen-bond acceptors (Lipinski definition) is 3. The van der Waals surface area contributed by atoms with Crippen molar-refractivity contribution < 1.29 is 4.79 Å². The fraction of sp³-hybridized carbons (Fsp3) is 0.0435. The minimum absolute atomic E-state index is 0.147. The average Bonchev–Trinajstić information content (AvgIpc) is 3.04. The molecule has 1 heterocycles. The molecule has 1 aliphatic rings. The summed E-state index contributed by atoms with van der Waals surface area (Å²) in [6.45, 7) is 1.98. The Morgan fingerprint density at radius 3 is 2.19 bits per heavy atom. The first-order chi connectivity index (χ1) is 13.2. The van der Waals surface area contributed by atoms with E-state index in [1.165, 1.54) is 5.01 Å². The molecule has 1 aliphatic heterocycles. The molecule has 0 saturated heterocycles. The fourth-order valence-electron chi connectivity index (χ4n) is 3.01. The van der Waals surface area contributed by atoms with E-state index in [9.17, 15) is 4.79 Å². The van der Waals surface area contributed by atoms with Crippen molar-refractivity contribution in [2.45, 2.75) is 6.92 Å². The summed E-state index contributed by atoms with van der Waals surface area (Å²) in [5, 5.41) is 9.35. The average molecular weight is 353 g/mol. The highest BCUT2D eigenvalue weighted by Crippen LogP contribution is 2.28. The lowest BCUT2D eigenvalue weighted by atomic mass is 10.0.